The molecule has 4 heteroatoms. The minimum Gasteiger partial charge on any atom is -0.394 e. The van der Waals surface area contributed by atoms with Crippen molar-refractivity contribution in [3.8, 4) is 0 Å². The van der Waals surface area contributed by atoms with Crippen molar-refractivity contribution in [1.82, 2.24) is 5.32 Å². The van der Waals surface area contributed by atoms with Gasteiger partial charge in [-0.2, -0.15) is 0 Å². The van der Waals surface area contributed by atoms with E-state index in [0.29, 0.717) is 24.1 Å². The molecule has 76 valence electrons. The largest absolute Gasteiger partial charge is 0.394 e. The Kier molecular flexibility index (Phi) is 2.48. The van der Waals surface area contributed by atoms with E-state index >= 15 is 0 Å². The van der Waals surface area contributed by atoms with Crippen molar-refractivity contribution in [3.05, 3.63) is 34.9 Å². The Labute approximate surface area is 80.6 Å². The van der Waals surface area contributed by atoms with Gasteiger partial charge in [0, 0.05) is 11.6 Å². The molecule has 0 aliphatic carbocycles. The van der Waals surface area contributed by atoms with E-state index in [1.807, 2.05) is 0 Å². The zero-order valence-corrected chi connectivity index (χ0v) is 7.56. The molecule has 0 radical (unpaired) electrons. The molecule has 2 N–H and O–H groups in total. The Hall–Kier alpha value is -1.00. The summed E-state index contributed by atoms with van der Waals surface area (Å²) in [5.41, 5.74) is 1.06. The van der Waals surface area contributed by atoms with E-state index in [9.17, 15) is 8.78 Å². The molecule has 0 saturated heterocycles. The lowest BCUT2D eigenvalue weighted by Gasteiger charge is -2.25. The van der Waals surface area contributed by atoms with Gasteiger partial charge in [-0.25, -0.2) is 8.78 Å². The van der Waals surface area contributed by atoms with Crippen molar-refractivity contribution >= 4 is 0 Å². The highest BCUT2D eigenvalue weighted by atomic mass is 19.1. The molecule has 1 aromatic rings. The average Bonchev–Trinajstić information content (AvgIpc) is 2.16. The van der Waals surface area contributed by atoms with E-state index in [1.54, 1.807) is 0 Å². The van der Waals surface area contributed by atoms with E-state index in [2.05, 4.69) is 5.32 Å². The van der Waals surface area contributed by atoms with Crippen LogP contribution in [0.3, 0.4) is 0 Å². The number of hydrogen-bond donors (Lipinski definition) is 2. The third-order valence-electron chi connectivity index (χ3n) is 2.50. The minimum absolute atomic E-state index is 0.171. The number of fused-ring (bicyclic) bond motifs is 1. The second-order valence-corrected chi connectivity index (χ2v) is 3.40. The van der Waals surface area contributed by atoms with Crippen LogP contribution >= 0.6 is 0 Å². The Morgan fingerprint density at radius 1 is 1.43 bits per heavy atom. The minimum atomic E-state index is -0.578. The van der Waals surface area contributed by atoms with E-state index in [4.69, 9.17) is 5.11 Å². The fourth-order valence-corrected chi connectivity index (χ4v) is 1.87. The van der Waals surface area contributed by atoms with Gasteiger partial charge >= 0.3 is 0 Å². The van der Waals surface area contributed by atoms with Crippen LogP contribution in [0.4, 0.5) is 8.78 Å². The zero-order valence-electron chi connectivity index (χ0n) is 7.56. The van der Waals surface area contributed by atoms with Crippen LogP contribution in [0, 0.1) is 11.6 Å². The van der Waals surface area contributed by atoms with Gasteiger partial charge in [0.05, 0.1) is 12.6 Å². The van der Waals surface area contributed by atoms with Gasteiger partial charge in [-0.3, -0.25) is 0 Å². The summed E-state index contributed by atoms with van der Waals surface area (Å²) < 4.78 is 26.2. The summed E-state index contributed by atoms with van der Waals surface area (Å²) in [4.78, 5) is 0. The lowest BCUT2D eigenvalue weighted by molar-refractivity contribution is 0.236. The maximum atomic E-state index is 13.4. The molecule has 1 aromatic carbocycles. The van der Waals surface area contributed by atoms with E-state index < -0.39 is 17.7 Å². The highest BCUT2D eigenvalue weighted by molar-refractivity contribution is 5.34. The van der Waals surface area contributed by atoms with E-state index in [1.165, 1.54) is 6.07 Å². The molecule has 2 nitrogen and oxygen atoms in total. The normalized spacial score (nSPS) is 20.6. The number of hydrogen-bond acceptors (Lipinski definition) is 2. The van der Waals surface area contributed by atoms with Crippen LogP contribution in [0.15, 0.2) is 12.1 Å². The van der Waals surface area contributed by atoms with Crippen molar-refractivity contribution < 1.29 is 13.9 Å². The summed E-state index contributed by atoms with van der Waals surface area (Å²) in [5.74, 6) is -1.13. The van der Waals surface area contributed by atoms with Gasteiger partial charge in [-0.1, -0.05) is 0 Å². The molecule has 1 unspecified atom stereocenters. The summed E-state index contributed by atoms with van der Waals surface area (Å²) in [7, 11) is 0. The molecular formula is C10H11F2NO. The second-order valence-electron chi connectivity index (χ2n) is 3.40. The van der Waals surface area contributed by atoms with Crippen molar-refractivity contribution in [2.24, 2.45) is 0 Å². The maximum absolute atomic E-state index is 13.4. The predicted molar refractivity (Wildman–Crippen MR) is 47.9 cm³/mol. The second kappa shape index (κ2) is 3.63. The van der Waals surface area contributed by atoms with Crippen LogP contribution in [0.1, 0.15) is 17.2 Å². The molecule has 0 aromatic heterocycles. The number of aliphatic hydroxyl groups excluding tert-OH is 1. The van der Waals surface area contributed by atoms with Crippen molar-refractivity contribution in [3.63, 3.8) is 0 Å². The highest BCUT2D eigenvalue weighted by Crippen LogP contribution is 2.26. The van der Waals surface area contributed by atoms with E-state index in [-0.39, 0.29) is 6.61 Å². The molecular weight excluding hydrogens is 188 g/mol. The molecule has 0 spiro atoms. The summed E-state index contributed by atoms with van der Waals surface area (Å²) in [6, 6.07) is 1.79. The number of nitrogens with one attached hydrogen (secondary N) is 1. The molecule has 1 atom stereocenters. The standard InChI is InChI=1S/C10H11F2NO/c11-7-3-6-1-2-13-9(5-14)10(6)8(12)4-7/h3-4,9,13-14H,1-2,5H2. The van der Waals surface area contributed by atoms with Crippen molar-refractivity contribution in [2.75, 3.05) is 13.2 Å². The number of aliphatic hydroxyl groups is 1. The predicted octanol–water partition coefficient (Wildman–Crippen LogP) is 1.14. The molecule has 1 aliphatic heterocycles. The Morgan fingerprint density at radius 2 is 2.21 bits per heavy atom. The van der Waals surface area contributed by atoms with Crippen LogP contribution in [-0.4, -0.2) is 18.3 Å². The van der Waals surface area contributed by atoms with Crippen LogP contribution in [-0.2, 0) is 6.42 Å². The fraction of sp³-hybridized carbons (Fsp3) is 0.400. The first-order valence-electron chi connectivity index (χ1n) is 4.54. The van der Waals surface area contributed by atoms with Gasteiger partial charge in [0.25, 0.3) is 0 Å². The lowest BCUT2D eigenvalue weighted by Crippen LogP contribution is -2.33. The van der Waals surface area contributed by atoms with Gasteiger partial charge in [0.15, 0.2) is 0 Å². The van der Waals surface area contributed by atoms with Crippen LogP contribution in [0.2, 0.25) is 0 Å². The van der Waals surface area contributed by atoms with Crippen LogP contribution in [0.5, 0.6) is 0 Å². The highest BCUT2D eigenvalue weighted by Gasteiger charge is 2.23. The first-order chi connectivity index (χ1) is 6.72. The topological polar surface area (TPSA) is 32.3 Å². The monoisotopic (exact) mass is 199 g/mol. The van der Waals surface area contributed by atoms with Crippen LogP contribution in [0.25, 0.3) is 0 Å². The molecule has 0 saturated carbocycles. The molecule has 14 heavy (non-hydrogen) atoms. The summed E-state index contributed by atoms with van der Waals surface area (Å²) in [6.45, 7) is 0.469. The smallest absolute Gasteiger partial charge is 0.131 e. The van der Waals surface area contributed by atoms with Gasteiger partial charge in [0.1, 0.15) is 11.6 Å². The summed E-state index contributed by atoms with van der Waals surface area (Å²) in [6.07, 6.45) is 0.598. The van der Waals surface area contributed by atoms with Crippen molar-refractivity contribution in [1.29, 1.82) is 0 Å². The molecule has 2 rings (SSSR count). The lowest BCUT2D eigenvalue weighted by atomic mass is 9.94. The SMILES string of the molecule is OCC1NCCc2cc(F)cc(F)c21. The number of benzene rings is 1. The number of rotatable bonds is 1. The van der Waals surface area contributed by atoms with E-state index in [0.717, 1.165) is 6.07 Å². The summed E-state index contributed by atoms with van der Waals surface area (Å²) >= 11 is 0. The van der Waals surface area contributed by atoms with Crippen LogP contribution < -0.4 is 5.32 Å². The molecule has 0 fully saturated rings. The molecule has 0 amide bonds. The Bertz CT molecular complexity index is 354. The van der Waals surface area contributed by atoms with Gasteiger partial charge in [0.2, 0.25) is 0 Å². The first-order valence-corrected chi connectivity index (χ1v) is 4.54. The molecule has 0 bridgehead atoms. The quantitative estimate of drug-likeness (QED) is 0.711. The zero-order chi connectivity index (χ0) is 10.1. The maximum Gasteiger partial charge on any atom is 0.131 e. The van der Waals surface area contributed by atoms with Gasteiger partial charge < -0.3 is 10.4 Å². The molecule has 1 aliphatic rings. The Balaban J connectivity index is 2.51. The third-order valence-corrected chi connectivity index (χ3v) is 2.50. The summed E-state index contributed by atoms with van der Waals surface area (Å²) in [5, 5.41) is 12.0. The number of halogens is 2. The fourth-order valence-electron chi connectivity index (χ4n) is 1.87. The van der Waals surface area contributed by atoms with Gasteiger partial charge in [-0.15, -0.1) is 0 Å². The van der Waals surface area contributed by atoms with Crippen molar-refractivity contribution in [2.45, 2.75) is 12.5 Å². The van der Waals surface area contributed by atoms with Gasteiger partial charge in [-0.05, 0) is 24.6 Å². The first kappa shape index (κ1) is 9.55. The third kappa shape index (κ3) is 1.51. The Morgan fingerprint density at radius 3 is 2.93 bits per heavy atom. The molecule has 1 heterocycles. The average molecular weight is 199 g/mol.